The summed E-state index contributed by atoms with van der Waals surface area (Å²) < 4.78 is 9.82. The van der Waals surface area contributed by atoms with Gasteiger partial charge in [-0.25, -0.2) is 0 Å². The van der Waals surface area contributed by atoms with Crippen LogP contribution >= 0.6 is 11.8 Å². The van der Waals surface area contributed by atoms with Crippen molar-refractivity contribution in [1.82, 2.24) is 0 Å². The number of carbonyl (C=O) groups is 2. The summed E-state index contributed by atoms with van der Waals surface area (Å²) in [7, 11) is 0. The molecule has 0 saturated heterocycles. The maximum Gasteiger partial charge on any atom is 0.316 e. The van der Waals surface area contributed by atoms with Crippen molar-refractivity contribution in [3.8, 4) is 0 Å². The molecule has 1 aromatic carbocycles. The minimum Gasteiger partial charge on any atom is -0.461 e. The van der Waals surface area contributed by atoms with Crippen LogP contribution in [0.25, 0.3) is 0 Å². The predicted molar refractivity (Wildman–Crippen MR) is 76.6 cm³/mol. The zero-order valence-corrected chi connectivity index (χ0v) is 11.6. The van der Waals surface area contributed by atoms with Gasteiger partial charge in [0.05, 0.1) is 12.0 Å². The van der Waals surface area contributed by atoms with Crippen molar-refractivity contribution in [3.63, 3.8) is 0 Å². The zero-order chi connectivity index (χ0) is 14.2. The van der Waals surface area contributed by atoms with E-state index in [1.165, 1.54) is 18.0 Å². The second-order valence-corrected chi connectivity index (χ2v) is 5.03. The first kappa shape index (κ1) is 14.4. The third kappa shape index (κ3) is 4.59. The number of Topliss-reactive ketones (excluding diaryl/α,β-unsaturated/α-hetero) is 1. The Labute approximate surface area is 121 Å². The zero-order valence-electron chi connectivity index (χ0n) is 10.8. The molecule has 0 aliphatic rings. The molecule has 0 saturated carbocycles. The Bertz CT molecular complexity index is 549. The normalized spacial score (nSPS) is 10.2. The molecule has 0 aliphatic heterocycles. The molecule has 0 fully saturated rings. The number of furan rings is 1. The van der Waals surface area contributed by atoms with E-state index >= 15 is 0 Å². The quantitative estimate of drug-likeness (QED) is 0.579. The fourth-order valence-electron chi connectivity index (χ4n) is 1.52. The van der Waals surface area contributed by atoms with Crippen molar-refractivity contribution in [3.05, 3.63) is 60.1 Å². The SMILES string of the molecule is O=C(CSCc1ccccc1)OCC(=O)c1ccco1. The molecule has 0 atom stereocenters. The molecule has 0 unspecified atom stereocenters. The molecule has 2 aromatic rings. The molecular weight excluding hydrogens is 276 g/mol. The molecule has 0 spiro atoms. The first-order chi connectivity index (χ1) is 9.75. The molecule has 0 aliphatic carbocycles. The first-order valence-electron chi connectivity index (χ1n) is 6.09. The largest absolute Gasteiger partial charge is 0.461 e. The number of hydrogen-bond acceptors (Lipinski definition) is 5. The molecule has 1 aromatic heterocycles. The summed E-state index contributed by atoms with van der Waals surface area (Å²) in [5.74, 6) is 0.430. The van der Waals surface area contributed by atoms with E-state index in [2.05, 4.69) is 0 Å². The molecule has 20 heavy (non-hydrogen) atoms. The monoisotopic (exact) mass is 290 g/mol. The van der Waals surface area contributed by atoms with Gasteiger partial charge in [0, 0.05) is 5.75 Å². The molecule has 0 amide bonds. The molecule has 0 N–H and O–H groups in total. The van der Waals surface area contributed by atoms with Crippen LogP contribution in [0.15, 0.2) is 53.1 Å². The minimum atomic E-state index is -0.397. The van der Waals surface area contributed by atoms with Gasteiger partial charge in [-0.1, -0.05) is 30.3 Å². The molecule has 4 nitrogen and oxygen atoms in total. The number of benzene rings is 1. The summed E-state index contributed by atoms with van der Waals surface area (Å²) in [6.07, 6.45) is 1.41. The second-order valence-electron chi connectivity index (χ2n) is 4.04. The van der Waals surface area contributed by atoms with Gasteiger partial charge in [0.2, 0.25) is 5.78 Å². The van der Waals surface area contributed by atoms with Crippen LogP contribution in [0.4, 0.5) is 0 Å². The Morgan fingerprint density at radius 1 is 1.10 bits per heavy atom. The molecule has 5 heteroatoms. The molecule has 0 radical (unpaired) electrons. The lowest BCUT2D eigenvalue weighted by atomic mass is 10.2. The van der Waals surface area contributed by atoms with Crippen LogP contribution in [0.5, 0.6) is 0 Å². The average molecular weight is 290 g/mol. The number of hydrogen-bond donors (Lipinski definition) is 0. The van der Waals surface area contributed by atoms with Crippen LogP contribution in [0.1, 0.15) is 16.1 Å². The van der Waals surface area contributed by atoms with Crippen LogP contribution in [0, 0.1) is 0 Å². The van der Waals surface area contributed by atoms with Gasteiger partial charge in [0.25, 0.3) is 0 Å². The smallest absolute Gasteiger partial charge is 0.316 e. The van der Waals surface area contributed by atoms with Crippen molar-refractivity contribution in [2.24, 2.45) is 0 Å². The van der Waals surface area contributed by atoms with E-state index in [1.807, 2.05) is 30.3 Å². The number of ketones is 1. The highest BCUT2D eigenvalue weighted by molar-refractivity contribution is 7.99. The van der Waals surface area contributed by atoms with E-state index in [9.17, 15) is 9.59 Å². The molecular formula is C15H14O4S. The topological polar surface area (TPSA) is 56.5 Å². The van der Waals surface area contributed by atoms with Crippen molar-refractivity contribution >= 4 is 23.5 Å². The van der Waals surface area contributed by atoms with Crippen LogP contribution in [-0.2, 0) is 15.3 Å². The summed E-state index contributed by atoms with van der Waals surface area (Å²) in [4.78, 5) is 23.0. The fourth-order valence-corrected chi connectivity index (χ4v) is 2.30. The maximum absolute atomic E-state index is 11.5. The highest BCUT2D eigenvalue weighted by atomic mass is 32.2. The van der Waals surface area contributed by atoms with E-state index in [0.29, 0.717) is 0 Å². The standard InChI is InChI=1S/C15H14O4S/c16-13(14-7-4-8-18-14)9-19-15(17)11-20-10-12-5-2-1-3-6-12/h1-8H,9-11H2. The van der Waals surface area contributed by atoms with Crippen LogP contribution in [0.2, 0.25) is 0 Å². The summed E-state index contributed by atoms with van der Waals surface area (Å²) in [6.45, 7) is -0.280. The molecule has 2 rings (SSSR count). The van der Waals surface area contributed by atoms with Crippen LogP contribution in [0.3, 0.4) is 0 Å². The Morgan fingerprint density at radius 2 is 1.90 bits per heavy atom. The number of esters is 1. The van der Waals surface area contributed by atoms with E-state index in [4.69, 9.17) is 9.15 Å². The van der Waals surface area contributed by atoms with Gasteiger partial charge < -0.3 is 9.15 Å². The van der Waals surface area contributed by atoms with E-state index < -0.39 is 5.97 Å². The third-order valence-electron chi connectivity index (χ3n) is 2.49. The second kappa shape index (κ2) is 7.55. The van der Waals surface area contributed by atoms with E-state index in [1.54, 1.807) is 12.1 Å². The highest BCUT2D eigenvalue weighted by Gasteiger charge is 2.12. The van der Waals surface area contributed by atoms with Gasteiger partial charge >= 0.3 is 5.97 Å². The van der Waals surface area contributed by atoms with Gasteiger partial charge in [-0.3, -0.25) is 9.59 Å². The summed E-state index contributed by atoms with van der Waals surface area (Å²) in [6, 6.07) is 13.0. The van der Waals surface area contributed by atoms with Gasteiger partial charge in [-0.15, -0.1) is 11.8 Å². The first-order valence-corrected chi connectivity index (χ1v) is 7.25. The number of thioether (sulfide) groups is 1. The number of ether oxygens (including phenoxy) is 1. The minimum absolute atomic E-state index is 0.203. The summed E-state index contributed by atoms with van der Waals surface area (Å²) in [5, 5.41) is 0. The molecule has 0 bridgehead atoms. The Kier molecular flexibility index (Phi) is 5.43. The molecule has 104 valence electrons. The van der Waals surface area contributed by atoms with Gasteiger partial charge in [0.1, 0.15) is 0 Å². The maximum atomic E-state index is 11.5. The lowest BCUT2D eigenvalue weighted by Crippen LogP contribution is -2.15. The van der Waals surface area contributed by atoms with Crippen molar-refractivity contribution < 1.29 is 18.7 Å². The fraction of sp³-hybridized carbons (Fsp3) is 0.200. The van der Waals surface area contributed by atoms with Crippen LogP contribution in [-0.4, -0.2) is 24.1 Å². The van der Waals surface area contributed by atoms with Crippen molar-refractivity contribution in [2.45, 2.75) is 5.75 Å². The molecule has 1 heterocycles. The summed E-state index contributed by atoms with van der Waals surface area (Å²) in [5.41, 5.74) is 1.15. The number of rotatable bonds is 7. The van der Waals surface area contributed by atoms with Gasteiger partial charge in [-0.05, 0) is 17.7 Å². The Hall–Kier alpha value is -2.01. The third-order valence-corrected chi connectivity index (χ3v) is 3.47. The number of carbonyl (C=O) groups excluding carboxylic acids is 2. The van der Waals surface area contributed by atoms with E-state index in [-0.39, 0.29) is 23.9 Å². The lowest BCUT2D eigenvalue weighted by Gasteiger charge is -2.03. The van der Waals surface area contributed by atoms with Crippen molar-refractivity contribution in [2.75, 3.05) is 12.4 Å². The van der Waals surface area contributed by atoms with Gasteiger partial charge in [0.15, 0.2) is 12.4 Å². The average Bonchev–Trinajstić information content (AvgIpc) is 3.00. The lowest BCUT2D eigenvalue weighted by molar-refractivity contribution is -0.139. The predicted octanol–water partition coefficient (Wildman–Crippen LogP) is 2.94. The highest BCUT2D eigenvalue weighted by Crippen LogP contribution is 2.11. The Morgan fingerprint density at radius 3 is 2.60 bits per heavy atom. The van der Waals surface area contributed by atoms with Gasteiger partial charge in [-0.2, -0.15) is 0 Å². The van der Waals surface area contributed by atoms with Crippen LogP contribution < -0.4 is 0 Å². The Balaban J connectivity index is 1.65. The van der Waals surface area contributed by atoms with Crippen molar-refractivity contribution in [1.29, 1.82) is 0 Å². The summed E-state index contributed by atoms with van der Waals surface area (Å²) >= 11 is 1.45. The van der Waals surface area contributed by atoms with E-state index in [0.717, 1.165) is 11.3 Å².